The molecule has 3 aromatic rings. The molecule has 0 unspecified atom stereocenters. The Morgan fingerprint density at radius 3 is 2.57 bits per heavy atom. The third-order valence-electron chi connectivity index (χ3n) is 4.59. The standard InChI is InChI=1S/C22H21N3O3/c1-14(2)11-12-25-18-10-6-4-8-16(18)20(26)21(27)19(25)22(28)24-17-9-5-3-7-15(17)13-23/h3-10,14,27H,11-12H2,1-2H3,(H,24,28). The SMILES string of the molecule is CC(C)CCn1c(C(=O)Nc2ccccc2C#N)c(O)c(=O)c2ccccc21. The second kappa shape index (κ2) is 7.97. The van der Waals surface area contributed by atoms with E-state index < -0.39 is 17.1 Å². The van der Waals surface area contributed by atoms with E-state index in [4.69, 9.17) is 0 Å². The van der Waals surface area contributed by atoms with E-state index in [1.165, 1.54) is 0 Å². The summed E-state index contributed by atoms with van der Waals surface area (Å²) in [5, 5.41) is 22.8. The highest BCUT2D eigenvalue weighted by molar-refractivity contribution is 6.07. The van der Waals surface area contributed by atoms with Gasteiger partial charge in [-0.25, -0.2) is 0 Å². The van der Waals surface area contributed by atoms with E-state index in [0.29, 0.717) is 34.6 Å². The van der Waals surface area contributed by atoms with Crippen LogP contribution in [-0.4, -0.2) is 15.6 Å². The zero-order chi connectivity index (χ0) is 20.3. The summed E-state index contributed by atoms with van der Waals surface area (Å²) in [6.45, 7) is 4.59. The number of carbonyl (C=O) groups excluding carboxylic acids is 1. The summed E-state index contributed by atoms with van der Waals surface area (Å²) >= 11 is 0. The first-order valence-corrected chi connectivity index (χ1v) is 9.09. The molecule has 1 amide bonds. The number of benzene rings is 2. The molecule has 0 fully saturated rings. The molecule has 2 aromatic carbocycles. The molecule has 0 aliphatic carbocycles. The molecule has 0 atom stereocenters. The summed E-state index contributed by atoms with van der Waals surface area (Å²) in [5.74, 6) is -0.850. The van der Waals surface area contributed by atoms with Gasteiger partial charge in [0.2, 0.25) is 5.43 Å². The fraction of sp³-hybridized carbons (Fsp3) is 0.227. The van der Waals surface area contributed by atoms with Crippen LogP contribution in [0.1, 0.15) is 36.3 Å². The Labute approximate surface area is 162 Å². The lowest BCUT2D eigenvalue weighted by atomic mass is 10.1. The minimum atomic E-state index is -0.633. The van der Waals surface area contributed by atoms with Crippen LogP contribution in [0.15, 0.2) is 53.3 Å². The van der Waals surface area contributed by atoms with Crippen LogP contribution in [0.4, 0.5) is 5.69 Å². The third kappa shape index (κ3) is 3.60. The van der Waals surface area contributed by atoms with Gasteiger partial charge in [0.1, 0.15) is 6.07 Å². The Hall–Kier alpha value is -3.59. The largest absolute Gasteiger partial charge is 0.503 e. The minimum absolute atomic E-state index is 0.0999. The van der Waals surface area contributed by atoms with E-state index in [2.05, 4.69) is 19.2 Å². The maximum atomic E-state index is 13.0. The van der Waals surface area contributed by atoms with E-state index >= 15 is 0 Å². The molecule has 1 aromatic heterocycles. The van der Waals surface area contributed by atoms with E-state index in [1.54, 1.807) is 53.1 Å². The van der Waals surface area contributed by atoms with Gasteiger partial charge in [-0.15, -0.1) is 0 Å². The van der Waals surface area contributed by atoms with Gasteiger partial charge < -0.3 is 15.0 Å². The van der Waals surface area contributed by atoms with Gasteiger partial charge in [0, 0.05) is 11.9 Å². The number of hydrogen-bond donors (Lipinski definition) is 2. The lowest BCUT2D eigenvalue weighted by Crippen LogP contribution is -2.24. The van der Waals surface area contributed by atoms with Crippen molar-refractivity contribution < 1.29 is 9.90 Å². The van der Waals surface area contributed by atoms with E-state index in [0.717, 1.165) is 6.42 Å². The van der Waals surface area contributed by atoms with Crippen molar-refractivity contribution >= 4 is 22.5 Å². The maximum Gasteiger partial charge on any atom is 0.276 e. The van der Waals surface area contributed by atoms with E-state index in [9.17, 15) is 20.0 Å². The summed E-state index contributed by atoms with van der Waals surface area (Å²) in [4.78, 5) is 25.6. The van der Waals surface area contributed by atoms with E-state index in [-0.39, 0.29) is 5.69 Å². The van der Waals surface area contributed by atoms with Crippen molar-refractivity contribution in [2.45, 2.75) is 26.8 Å². The van der Waals surface area contributed by atoms with Crippen LogP contribution in [0.2, 0.25) is 0 Å². The number of aromatic nitrogens is 1. The molecule has 0 aliphatic heterocycles. The van der Waals surface area contributed by atoms with Crippen LogP contribution < -0.4 is 10.7 Å². The highest BCUT2D eigenvalue weighted by Gasteiger charge is 2.23. The van der Waals surface area contributed by atoms with Gasteiger partial charge in [0.05, 0.1) is 16.8 Å². The van der Waals surface area contributed by atoms with Gasteiger partial charge in [0.15, 0.2) is 11.4 Å². The van der Waals surface area contributed by atoms with Crippen molar-refractivity contribution in [1.29, 1.82) is 5.26 Å². The van der Waals surface area contributed by atoms with Crippen LogP contribution >= 0.6 is 0 Å². The molecule has 6 heteroatoms. The predicted octanol–water partition coefficient (Wildman–Crippen LogP) is 3.88. The molecule has 0 saturated heterocycles. The summed E-state index contributed by atoms with van der Waals surface area (Å²) in [5.41, 5.74) is 0.523. The number of nitrogens with zero attached hydrogens (tertiary/aromatic N) is 2. The van der Waals surface area contributed by atoms with Crippen LogP contribution in [0.3, 0.4) is 0 Å². The van der Waals surface area contributed by atoms with Crippen LogP contribution in [0, 0.1) is 17.2 Å². The number of aromatic hydroxyl groups is 1. The van der Waals surface area contributed by atoms with Gasteiger partial charge in [-0.3, -0.25) is 9.59 Å². The average Bonchev–Trinajstić information content (AvgIpc) is 2.69. The quantitative estimate of drug-likeness (QED) is 0.707. The normalized spacial score (nSPS) is 10.8. The number of pyridine rings is 1. The molecule has 3 rings (SSSR count). The molecule has 0 bridgehead atoms. The van der Waals surface area contributed by atoms with Gasteiger partial charge >= 0.3 is 0 Å². The van der Waals surface area contributed by atoms with Crippen molar-refractivity contribution in [2.75, 3.05) is 5.32 Å². The zero-order valence-electron chi connectivity index (χ0n) is 15.8. The van der Waals surface area contributed by atoms with Crippen molar-refractivity contribution in [2.24, 2.45) is 5.92 Å². The molecule has 2 N–H and O–H groups in total. The molecule has 0 aliphatic rings. The molecule has 142 valence electrons. The fourth-order valence-corrected chi connectivity index (χ4v) is 3.11. The number of aryl methyl sites for hydroxylation is 1. The number of fused-ring (bicyclic) bond motifs is 1. The number of hydrogen-bond acceptors (Lipinski definition) is 4. The van der Waals surface area contributed by atoms with Crippen molar-refractivity contribution in [3.63, 3.8) is 0 Å². The number of carbonyl (C=O) groups is 1. The number of amides is 1. The molecular weight excluding hydrogens is 354 g/mol. The lowest BCUT2D eigenvalue weighted by Gasteiger charge is -2.19. The Morgan fingerprint density at radius 1 is 1.18 bits per heavy atom. The molecule has 6 nitrogen and oxygen atoms in total. The first kappa shape index (κ1) is 19.2. The number of nitrogens with one attached hydrogen (secondary N) is 1. The van der Waals surface area contributed by atoms with Crippen LogP contribution in [0.5, 0.6) is 5.75 Å². The van der Waals surface area contributed by atoms with Crippen LogP contribution in [0.25, 0.3) is 10.9 Å². The highest BCUT2D eigenvalue weighted by Crippen LogP contribution is 2.24. The first-order valence-electron chi connectivity index (χ1n) is 9.09. The fourth-order valence-electron chi connectivity index (χ4n) is 3.11. The Bertz CT molecular complexity index is 1140. The van der Waals surface area contributed by atoms with E-state index in [1.807, 2.05) is 6.07 Å². The summed E-state index contributed by atoms with van der Waals surface area (Å²) in [6, 6.07) is 15.5. The van der Waals surface area contributed by atoms with Crippen molar-refractivity contribution in [3.05, 3.63) is 70.0 Å². The zero-order valence-corrected chi connectivity index (χ0v) is 15.8. The van der Waals surface area contributed by atoms with Gasteiger partial charge in [-0.2, -0.15) is 5.26 Å². The topological polar surface area (TPSA) is 95.1 Å². The van der Waals surface area contributed by atoms with Gasteiger partial charge in [-0.1, -0.05) is 38.1 Å². The number of nitriles is 1. The lowest BCUT2D eigenvalue weighted by molar-refractivity contribution is 0.101. The molecule has 0 spiro atoms. The summed E-state index contributed by atoms with van der Waals surface area (Å²) in [7, 11) is 0. The second-order valence-electron chi connectivity index (χ2n) is 6.99. The summed E-state index contributed by atoms with van der Waals surface area (Å²) < 4.78 is 1.68. The highest BCUT2D eigenvalue weighted by atomic mass is 16.3. The monoisotopic (exact) mass is 375 g/mol. The van der Waals surface area contributed by atoms with Gasteiger partial charge in [0.25, 0.3) is 5.91 Å². The smallest absolute Gasteiger partial charge is 0.276 e. The molecule has 0 saturated carbocycles. The molecule has 1 heterocycles. The third-order valence-corrected chi connectivity index (χ3v) is 4.59. The number of para-hydroxylation sites is 2. The number of rotatable bonds is 5. The summed E-state index contributed by atoms with van der Waals surface area (Å²) in [6.07, 6.45) is 0.765. The van der Waals surface area contributed by atoms with Gasteiger partial charge in [-0.05, 0) is 36.6 Å². The Balaban J connectivity index is 2.17. The Kier molecular flexibility index (Phi) is 5.46. The second-order valence-corrected chi connectivity index (χ2v) is 6.99. The predicted molar refractivity (Wildman–Crippen MR) is 108 cm³/mol. The average molecular weight is 375 g/mol. The first-order chi connectivity index (χ1) is 13.4. The Morgan fingerprint density at radius 2 is 1.86 bits per heavy atom. The van der Waals surface area contributed by atoms with Crippen molar-refractivity contribution in [1.82, 2.24) is 4.57 Å². The van der Waals surface area contributed by atoms with Crippen LogP contribution in [-0.2, 0) is 6.54 Å². The maximum absolute atomic E-state index is 13.0. The molecule has 28 heavy (non-hydrogen) atoms. The van der Waals surface area contributed by atoms with Crippen molar-refractivity contribution in [3.8, 4) is 11.8 Å². The molecular formula is C22H21N3O3. The minimum Gasteiger partial charge on any atom is -0.503 e. The number of anilines is 1. The molecule has 0 radical (unpaired) electrons.